The summed E-state index contributed by atoms with van der Waals surface area (Å²) in [6.45, 7) is 14.1. The first-order chi connectivity index (χ1) is 12.3. The Balaban J connectivity index is 2.03. The molecule has 6 heteroatoms. The van der Waals surface area contributed by atoms with E-state index >= 15 is 0 Å². The van der Waals surface area contributed by atoms with Crippen LogP contribution >= 0.6 is 0 Å². The van der Waals surface area contributed by atoms with Crippen molar-refractivity contribution in [2.24, 2.45) is 0 Å². The molecule has 1 unspecified atom stereocenters. The predicted octanol–water partition coefficient (Wildman–Crippen LogP) is 4.14. The van der Waals surface area contributed by atoms with Crippen LogP contribution < -0.4 is 5.46 Å². The van der Waals surface area contributed by atoms with E-state index < -0.39 is 30.0 Å². The van der Waals surface area contributed by atoms with Gasteiger partial charge in [0.15, 0.2) is 0 Å². The molecule has 1 amide bonds. The maximum absolute atomic E-state index is 12.0. The lowest BCUT2D eigenvalue weighted by Crippen LogP contribution is -2.49. The number of hydrogen-bond donors (Lipinski definition) is 1. The lowest BCUT2D eigenvalue weighted by Gasteiger charge is -2.42. The summed E-state index contributed by atoms with van der Waals surface area (Å²) in [6.07, 6.45) is 1.84. The van der Waals surface area contributed by atoms with Crippen molar-refractivity contribution in [1.29, 1.82) is 0 Å². The summed E-state index contributed by atoms with van der Waals surface area (Å²) in [6, 6.07) is 5.98. The molecule has 148 valence electrons. The van der Waals surface area contributed by atoms with Crippen LogP contribution in [0.5, 0.6) is 0 Å². The number of fused-ring (bicyclic) bond motifs is 1. The number of rotatable bonds is 2. The number of benzene rings is 1. The minimum atomic E-state index is -0.874. The molecule has 1 N–H and O–H groups in total. The molecule has 0 spiro atoms. The minimum absolute atomic E-state index is 0.145. The Bertz CT molecular complexity index is 722. The van der Waals surface area contributed by atoms with E-state index in [1.165, 1.54) is 5.56 Å². The summed E-state index contributed by atoms with van der Waals surface area (Å²) in [4.78, 5) is 13.6. The van der Waals surface area contributed by atoms with Gasteiger partial charge < -0.3 is 14.4 Å². The van der Waals surface area contributed by atoms with Crippen LogP contribution in [0.4, 0.5) is 4.79 Å². The van der Waals surface area contributed by atoms with Gasteiger partial charge in [-0.25, -0.2) is 4.79 Å². The van der Waals surface area contributed by atoms with Crippen LogP contribution in [0, 0.1) is 0 Å². The average Bonchev–Trinajstić information content (AvgIpc) is 2.73. The van der Waals surface area contributed by atoms with Crippen molar-refractivity contribution in [3.8, 4) is 0 Å². The first kappa shape index (κ1) is 20.2. The molecule has 1 aromatic rings. The van der Waals surface area contributed by atoms with E-state index in [1.54, 1.807) is 4.90 Å². The molecular weight excluding hydrogens is 341 g/mol. The van der Waals surface area contributed by atoms with Crippen molar-refractivity contribution in [2.75, 3.05) is 0 Å². The van der Waals surface area contributed by atoms with Gasteiger partial charge in [0, 0.05) is 5.54 Å². The number of hydrogen-bond acceptors (Lipinski definition) is 3. The van der Waals surface area contributed by atoms with Crippen LogP contribution in [-0.2, 0) is 15.7 Å². The smallest absolute Gasteiger partial charge is 0.465 e. The average molecular weight is 373 g/mol. The Kier molecular flexibility index (Phi) is 4.88. The quantitative estimate of drug-likeness (QED) is 0.792. The zero-order valence-electron chi connectivity index (χ0n) is 17.6. The maximum Gasteiger partial charge on any atom is 0.495 e. The van der Waals surface area contributed by atoms with E-state index in [4.69, 9.17) is 9.31 Å². The number of carboxylic acid groups (broad SMARTS) is 1. The third-order valence-electron chi connectivity index (χ3n) is 6.26. The lowest BCUT2D eigenvalue weighted by atomic mass is 9.70. The second kappa shape index (κ2) is 6.52. The van der Waals surface area contributed by atoms with E-state index in [1.807, 2.05) is 26.8 Å². The maximum atomic E-state index is 12.0. The van der Waals surface area contributed by atoms with Crippen LogP contribution in [0.1, 0.15) is 78.5 Å². The highest BCUT2D eigenvalue weighted by atomic mass is 16.7. The van der Waals surface area contributed by atoms with Crippen LogP contribution in [0.3, 0.4) is 0 Å². The second-order valence-electron chi connectivity index (χ2n) is 9.73. The van der Waals surface area contributed by atoms with Crippen molar-refractivity contribution >= 4 is 18.7 Å². The Morgan fingerprint density at radius 3 is 2.30 bits per heavy atom. The normalized spacial score (nSPS) is 23.8. The first-order valence-corrected chi connectivity index (χ1v) is 9.85. The lowest BCUT2D eigenvalue weighted by molar-refractivity contribution is 0.00578. The molecule has 0 saturated carbocycles. The van der Waals surface area contributed by atoms with Crippen molar-refractivity contribution in [3.05, 3.63) is 29.3 Å². The molecule has 27 heavy (non-hydrogen) atoms. The molecule has 0 aromatic heterocycles. The van der Waals surface area contributed by atoms with E-state index in [0.717, 1.165) is 30.3 Å². The van der Waals surface area contributed by atoms with Gasteiger partial charge in [-0.2, -0.15) is 0 Å². The monoisotopic (exact) mass is 373 g/mol. The first-order valence-electron chi connectivity index (χ1n) is 9.85. The van der Waals surface area contributed by atoms with Crippen molar-refractivity contribution in [2.45, 2.75) is 90.5 Å². The van der Waals surface area contributed by atoms with E-state index in [9.17, 15) is 9.90 Å². The highest BCUT2D eigenvalue weighted by Gasteiger charge is 2.52. The van der Waals surface area contributed by atoms with Gasteiger partial charge in [0.2, 0.25) is 0 Å². The molecule has 0 bridgehead atoms. The zero-order chi connectivity index (χ0) is 20.2. The molecule has 3 rings (SSSR count). The van der Waals surface area contributed by atoms with Gasteiger partial charge in [-0.1, -0.05) is 18.2 Å². The Morgan fingerprint density at radius 1 is 1.19 bits per heavy atom. The van der Waals surface area contributed by atoms with Crippen LogP contribution in [0.2, 0.25) is 0 Å². The Labute approximate surface area is 163 Å². The van der Waals surface area contributed by atoms with Crippen molar-refractivity contribution < 1.29 is 19.2 Å². The van der Waals surface area contributed by atoms with Crippen LogP contribution in [0.25, 0.3) is 0 Å². The summed E-state index contributed by atoms with van der Waals surface area (Å²) in [7, 11) is -0.420. The van der Waals surface area contributed by atoms with Gasteiger partial charge in [0.1, 0.15) is 0 Å². The third-order valence-corrected chi connectivity index (χ3v) is 6.26. The summed E-state index contributed by atoms with van der Waals surface area (Å²) in [5.41, 5.74) is 2.05. The largest absolute Gasteiger partial charge is 0.495 e. The van der Waals surface area contributed by atoms with Crippen LogP contribution in [-0.4, -0.2) is 40.0 Å². The highest BCUT2D eigenvalue weighted by Crippen LogP contribution is 2.40. The summed E-state index contributed by atoms with van der Waals surface area (Å²) >= 11 is 0. The molecule has 0 radical (unpaired) electrons. The van der Waals surface area contributed by atoms with Gasteiger partial charge in [0.25, 0.3) is 0 Å². The van der Waals surface area contributed by atoms with Gasteiger partial charge in [-0.3, -0.25) is 4.90 Å². The Morgan fingerprint density at radius 2 is 1.78 bits per heavy atom. The standard InChI is InChI=1S/C21H32BNO4/c1-19(2,3)23(18(24)25)17-13-9-10-14-15(17)11-8-12-16(14)22-26-20(4,5)21(6,7)27-22/h8,11-12,17H,9-10,13H2,1-7H3,(H,24,25). The molecule has 1 aliphatic heterocycles. The van der Waals surface area contributed by atoms with Gasteiger partial charge in [-0.15, -0.1) is 0 Å². The molecule has 1 aromatic carbocycles. The van der Waals surface area contributed by atoms with E-state index in [-0.39, 0.29) is 6.04 Å². The molecule has 1 fully saturated rings. The topological polar surface area (TPSA) is 59.0 Å². The van der Waals surface area contributed by atoms with Crippen LogP contribution in [0.15, 0.2) is 18.2 Å². The highest BCUT2D eigenvalue weighted by molar-refractivity contribution is 6.62. The minimum Gasteiger partial charge on any atom is -0.465 e. The van der Waals surface area contributed by atoms with E-state index in [0.29, 0.717) is 0 Å². The van der Waals surface area contributed by atoms with Gasteiger partial charge >= 0.3 is 13.2 Å². The molecular formula is C21H32BNO4. The number of nitrogens with zero attached hydrogens (tertiary/aromatic N) is 1. The number of amides is 1. The predicted molar refractivity (Wildman–Crippen MR) is 107 cm³/mol. The second-order valence-corrected chi connectivity index (χ2v) is 9.73. The number of carbonyl (C=O) groups is 1. The summed E-state index contributed by atoms with van der Waals surface area (Å²) in [5, 5.41) is 9.88. The molecule has 5 nitrogen and oxygen atoms in total. The molecule has 1 heterocycles. The third kappa shape index (κ3) is 3.50. The van der Waals surface area contributed by atoms with E-state index in [2.05, 4.69) is 39.8 Å². The summed E-state index contributed by atoms with van der Waals surface area (Å²) < 4.78 is 12.5. The zero-order valence-corrected chi connectivity index (χ0v) is 17.6. The van der Waals surface area contributed by atoms with Gasteiger partial charge in [0.05, 0.1) is 17.2 Å². The SMILES string of the molecule is CC(C)(C)N(C(=O)O)C1CCCc2c(B3OC(C)(C)C(C)(C)O3)cccc21. The molecule has 1 saturated heterocycles. The fraction of sp³-hybridized carbons (Fsp3) is 0.667. The fourth-order valence-corrected chi connectivity index (χ4v) is 4.20. The molecule has 2 aliphatic rings. The van der Waals surface area contributed by atoms with Gasteiger partial charge in [-0.05, 0) is 84.3 Å². The molecule has 1 aliphatic carbocycles. The van der Waals surface area contributed by atoms with Crippen molar-refractivity contribution in [1.82, 2.24) is 4.90 Å². The summed E-state index contributed by atoms with van der Waals surface area (Å²) in [5.74, 6) is 0. The molecule has 1 atom stereocenters. The Hall–Kier alpha value is -1.53. The fourth-order valence-electron chi connectivity index (χ4n) is 4.20. The van der Waals surface area contributed by atoms with Crippen molar-refractivity contribution in [3.63, 3.8) is 0 Å².